The molecular weight excluding hydrogens is 379 g/mol. The average molecular weight is 397 g/mol. The molecule has 1 N–H and O–H groups in total. The van der Waals surface area contributed by atoms with E-state index in [-0.39, 0.29) is 6.10 Å². The van der Waals surface area contributed by atoms with Gasteiger partial charge in [-0.3, -0.25) is 0 Å². The van der Waals surface area contributed by atoms with Gasteiger partial charge in [-0.1, -0.05) is 42.6 Å². The van der Waals surface area contributed by atoms with Crippen LogP contribution < -0.4 is 0 Å². The molecule has 0 saturated carbocycles. The van der Waals surface area contributed by atoms with Crippen LogP contribution in [0.4, 0.5) is 0 Å². The normalized spacial score (nSPS) is 14.8. The molecule has 1 aromatic rings. The van der Waals surface area contributed by atoms with E-state index < -0.39 is 0 Å². The summed E-state index contributed by atoms with van der Waals surface area (Å²) in [4.78, 5) is 0. The molecule has 0 aliphatic carbocycles. The lowest BCUT2D eigenvalue weighted by molar-refractivity contribution is 0.144. The highest BCUT2D eigenvalue weighted by molar-refractivity contribution is 14.1. The fourth-order valence-corrected chi connectivity index (χ4v) is 2.91. The lowest BCUT2D eigenvalue weighted by atomic mass is 9.95. The van der Waals surface area contributed by atoms with E-state index in [0.717, 1.165) is 20.0 Å². The van der Waals surface area contributed by atoms with E-state index >= 15 is 0 Å². The van der Waals surface area contributed by atoms with E-state index in [4.69, 9.17) is 0 Å². The minimum atomic E-state index is -0.356. The first-order valence-corrected chi connectivity index (χ1v) is 7.54. The van der Waals surface area contributed by atoms with Gasteiger partial charge < -0.3 is 5.11 Å². The maximum atomic E-state index is 10.2. The summed E-state index contributed by atoms with van der Waals surface area (Å²) in [5.74, 6) is 0.574. The van der Waals surface area contributed by atoms with Crippen LogP contribution in [0.15, 0.2) is 22.7 Å². The van der Waals surface area contributed by atoms with Crippen LogP contribution in [-0.2, 0) is 0 Å². The summed E-state index contributed by atoms with van der Waals surface area (Å²) in [7, 11) is 0. The molecule has 1 rings (SSSR count). The van der Waals surface area contributed by atoms with Crippen molar-refractivity contribution in [3.63, 3.8) is 0 Å². The zero-order chi connectivity index (χ0) is 12.1. The van der Waals surface area contributed by atoms with Crippen LogP contribution in [0, 0.1) is 9.49 Å². The van der Waals surface area contributed by atoms with Crippen LogP contribution in [0.2, 0.25) is 0 Å². The van der Waals surface area contributed by atoms with Gasteiger partial charge >= 0.3 is 0 Å². The Balaban J connectivity index is 2.72. The van der Waals surface area contributed by atoms with Gasteiger partial charge in [-0.2, -0.15) is 0 Å². The first kappa shape index (κ1) is 14.5. The Morgan fingerprint density at radius 1 is 1.44 bits per heavy atom. The van der Waals surface area contributed by atoms with Gasteiger partial charge in [-0.15, -0.1) is 0 Å². The largest absolute Gasteiger partial charge is 0.388 e. The van der Waals surface area contributed by atoms with Crippen LogP contribution in [-0.4, -0.2) is 5.11 Å². The Morgan fingerprint density at radius 3 is 2.75 bits per heavy atom. The van der Waals surface area contributed by atoms with Crippen molar-refractivity contribution in [3.05, 3.63) is 31.8 Å². The number of rotatable bonds is 5. The minimum absolute atomic E-state index is 0.356. The number of hydrogen-bond donors (Lipinski definition) is 1. The Bertz CT molecular complexity index is 341. The zero-order valence-corrected chi connectivity index (χ0v) is 13.5. The number of halogens is 2. The fourth-order valence-electron chi connectivity index (χ4n) is 1.89. The zero-order valence-electron chi connectivity index (χ0n) is 9.71. The standard InChI is InChI=1S/C13H18BrIO/c1-3-4-9(2)7-13(16)11-8-10(15)5-6-12(11)14/h5-6,8-9,13,16H,3-4,7H2,1-2H3. The second-order valence-corrected chi connectivity index (χ2v) is 6.41. The quantitative estimate of drug-likeness (QED) is 0.700. The van der Waals surface area contributed by atoms with E-state index in [2.05, 4.69) is 52.4 Å². The van der Waals surface area contributed by atoms with Crippen molar-refractivity contribution < 1.29 is 5.11 Å². The summed E-state index contributed by atoms with van der Waals surface area (Å²) in [5.41, 5.74) is 1.01. The molecule has 0 aliphatic rings. The highest BCUT2D eigenvalue weighted by atomic mass is 127. The molecule has 0 saturated heterocycles. The third kappa shape index (κ3) is 4.34. The summed E-state index contributed by atoms with van der Waals surface area (Å²) in [6.07, 6.45) is 2.85. The van der Waals surface area contributed by atoms with E-state index in [0.29, 0.717) is 5.92 Å². The predicted octanol–water partition coefficient (Wildman–Crippen LogP) is 4.91. The highest BCUT2D eigenvalue weighted by Gasteiger charge is 2.14. The van der Waals surface area contributed by atoms with Gasteiger partial charge in [0.05, 0.1) is 6.10 Å². The van der Waals surface area contributed by atoms with Crippen molar-refractivity contribution in [2.75, 3.05) is 0 Å². The van der Waals surface area contributed by atoms with Crippen LogP contribution in [0.25, 0.3) is 0 Å². The van der Waals surface area contributed by atoms with Crippen molar-refractivity contribution in [1.82, 2.24) is 0 Å². The first-order valence-electron chi connectivity index (χ1n) is 5.67. The summed E-state index contributed by atoms with van der Waals surface area (Å²) < 4.78 is 2.17. The van der Waals surface area contributed by atoms with Crippen molar-refractivity contribution in [2.24, 2.45) is 5.92 Å². The Morgan fingerprint density at radius 2 is 2.12 bits per heavy atom. The van der Waals surface area contributed by atoms with Crippen molar-refractivity contribution in [2.45, 2.75) is 39.2 Å². The Kier molecular flexibility index (Phi) is 6.29. The number of benzene rings is 1. The SMILES string of the molecule is CCCC(C)CC(O)c1cc(I)ccc1Br. The number of aliphatic hydroxyl groups excluding tert-OH is 1. The fraction of sp³-hybridized carbons (Fsp3) is 0.538. The molecule has 0 fully saturated rings. The topological polar surface area (TPSA) is 20.2 Å². The Hall–Kier alpha value is 0.390. The van der Waals surface area contributed by atoms with Gasteiger partial charge in [0.1, 0.15) is 0 Å². The molecule has 0 heterocycles. The molecule has 0 bridgehead atoms. The molecule has 0 aromatic heterocycles. The second kappa shape index (κ2) is 6.97. The van der Waals surface area contributed by atoms with Gasteiger partial charge in [0, 0.05) is 8.04 Å². The molecule has 2 atom stereocenters. The van der Waals surface area contributed by atoms with Crippen molar-refractivity contribution in [3.8, 4) is 0 Å². The lowest BCUT2D eigenvalue weighted by Crippen LogP contribution is -2.05. The molecule has 0 spiro atoms. The van der Waals surface area contributed by atoms with Gasteiger partial charge in [0.25, 0.3) is 0 Å². The number of hydrogen-bond acceptors (Lipinski definition) is 1. The second-order valence-electron chi connectivity index (χ2n) is 4.31. The van der Waals surface area contributed by atoms with Gasteiger partial charge in [-0.05, 0) is 58.7 Å². The summed E-state index contributed by atoms with van der Waals surface area (Å²) in [6.45, 7) is 4.39. The van der Waals surface area contributed by atoms with E-state index in [9.17, 15) is 5.11 Å². The molecule has 0 aliphatic heterocycles. The van der Waals surface area contributed by atoms with E-state index in [1.54, 1.807) is 0 Å². The monoisotopic (exact) mass is 396 g/mol. The van der Waals surface area contributed by atoms with Crippen LogP contribution in [0.1, 0.15) is 44.8 Å². The molecule has 1 aromatic carbocycles. The third-order valence-electron chi connectivity index (χ3n) is 2.72. The highest BCUT2D eigenvalue weighted by Crippen LogP contribution is 2.30. The molecule has 0 amide bonds. The van der Waals surface area contributed by atoms with E-state index in [1.807, 2.05) is 18.2 Å². The average Bonchev–Trinajstić information content (AvgIpc) is 2.21. The maximum absolute atomic E-state index is 10.2. The molecule has 1 nitrogen and oxygen atoms in total. The molecular formula is C13H18BrIO. The Labute approximate surface area is 120 Å². The maximum Gasteiger partial charge on any atom is 0.0803 e. The molecule has 2 unspecified atom stereocenters. The van der Waals surface area contributed by atoms with Crippen LogP contribution >= 0.6 is 38.5 Å². The first-order chi connectivity index (χ1) is 7.54. The molecule has 0 radical (unpaired) electrons. The smallest absolute Gasteiger partial charge is 0.0803 e. The lowest BCUT2D eigenvalue weighted by Gasteiger charge is -2.17. The molecule has 3 heteroatoms. The van der Waals surface area contributed by atoms with Gasteiger partial charge in [0.15, 0.2) is 0 Å². The summed E-state index contributed by atoms with van der Waals surface area (Å²) in [6, 6.07) is 6.09. The van der Waals surface area contributed by atoms with Gasteiger partial charge in [0.2, 0.25) is 0 Å². The van der Waals surface area contributed by atoms with Gasteiger partial charge in [-0.25, -0.2) is 0 Å². The van der Waals surface area contributed by atoms with Crippen LogP contribution in [0.3, 0.4) is 0 Å². The summed E-state index contributed by atoms with van der Waals surface area (Å²) >= 11 is 5.77. The molecule has 16 heavy (non-hydrogen) atoms. The minimum Gasteiger partial charge on any atom is -0.388 e. The predicted molar refractivity (Wildman–Crippen MR) is 80.5 cm³/mol. The van der Waals surface area contributed by atoms with E-state index in [1.165, 1.54) is 12.8 Å². The van der Waals surface area contributed by atoms with Crippen molar-refractivity contribution >= 4 is 38.5 Å². The van der Waals surface area contributed by atoms with Crippen LogP contribution in [0.5, 0.6) is 0 Å². The van der Waals surface area contributed by atoms with Crippen molar-refractivity contribution in [1.29, 1.82) is 0 Å². The number of aliphatic hydroxyl groups is 1. The summed E-state index contributed by atoms with van der Waals surface area (Å²) in [5, 5.41) is 10.2. The third-order valence-corrected chi connectivity index (χ3v) is 4.12. The molecule has 90 valence electrons.